The summed E-state index contributed by atoms with van der Waals surface area (Å²) >= 11 is 0. The van der Waals surface area contributed by atoms with Crippen molar-refractivity contribution in [3.8, 4) is 0 Å². The van der Waals surface area contributed by atoms with Gasteiger partial charge >= 0.3 is 0 Å². The molecule has 2 aromatic heterocycles. The van der Waals surface area contributed by atoms with Crippen LogP contribution in [-0.2, 0) is 13.0 Å². The Morgan fingerprint density at radius 3 is 3.17 bits per heavy atom. The fourth-order valence-corrected chi connectivity index (χ4v) is 2.29. The summed E-state index contributed by atoms with van der Waals surface area (Å²) in [7, 11) is 0. The van der Waals surface area contributed by atoms with Gasteiger partial charge in [-0.05, 0) is 25.8 Å². The van der Waals surface area contributed by atoms with E-state index < -0.39 is 0 Å². The number of carbonyl (C=O) groups excluding carboxylic acids is 1. The topological polar surface area (TPSA) is 60.1 Å². The van der Waals surface area contributed by atoms with Gasteiger partial charge in [-0.15, -0.1) is 0 Å². The first-order valence-corrected chi connectivity index (χ1v) is 6.15. The minimum absolute atomic E-state index is 0.217. The van der Waals surface area contributed by atoms with Crippen molar-refractivity contribution in [2.45, 2.75) is 32.7 Å². The van der Waals surface area contributed by atoms with Gasteiger partial charge < -0.3 is 14.3 Å². The van der Waals surface area contributed by atoms with Crippen molar-refractivity contribution in [3.63, 3.8) is 0 Å². The van der Waals surface area contributed by atoms with Gasteiger partial charge in [0.15, 0.2) is 5.76 Å². The largest absolute Gasteiger partial charge is 0.459 e. The van der Waals surface area contributed by atoms with Crippen molar-refractivity contribution < 1.29 is 9.21 Å². The van der Waals surface area contributed by atoms with E-state index in [4.69, 9.17) is 4.42 Å². The van der Waals surface area contributed by atoms with Crippen molar-refractivity contribution in [3.05, 3.63) is 35.7 Å². The SMILES string of the molecule is Cc1ccoc1C(=O)Nc1cnc2n1CCCC2. The molecular formula is C13H15N3O2. The second-order valence-electron chi connectivity index (χ2n) is 4.56. The molecule has 0 spiro atoms. The van der Waals surface area contributed by atoms with Crippen LogP contribution in [-0.4, -0.2) is 15.5 Å². The van der Waals surface area contributed by atoms with E-state index in [1.54, 1.807) is 12.3 Å². The number of aryl methyl sites for hydroxylation is 2. The molecule has 0 saturated heterocycles. The van der Waals surface area contributed by atoms with Gasteiger partial charge in [0, 0.05) is 18.5 Å². The molecule has 0 bridgehead atoms. The smallest absolute Gasteiger partial charge is 0.292 e. The van der Waals surface area contributed by atoms with Gasteiger partial charge in [0.25, 0.3) is 5.91 Å². The van der Waals surface area contributed by atoms with Crippen molar-refractivity contribution in [1.82, 2.24) is 9.55 Å². The maximum atomic E-state index is 12.0. The summed E-state index contributed by atoms with van der Waals surface area (Å²) in [4.78, 5) is 16.4. The molecule has 5 heteroatoms. The Labute approximate surface area is 105 Å². The van der Waals surface area contributed by atoms with E-state index in [2.05, 4.69) is 14.9 Å². The van der Waals surface area contributed by atoms with Gasteiger partial charge in [0.05, 0.1) is 12.5 Å². The van der Waals surface area contributed by atoms with Crippen LogP contribution in [0.25, 0.3) is 0 Å². The number of carbonyl (C=O) groups is 1. The van der Waals surface area contributed by atoms with Crippen molar-refractivity contribution in [2.75, 3.05) is 5.32 Å². The third kappa shape index (κ3) is 1.81. The van der Waals surface area contributed by atoms with E-state index >= 15 is 0 Å². The number of imidazole rings is 1. The lowest BCUT2D eigenvalue weighted by Crippen LogP contribution is -2.18. The molecule has 0 aromatic carbocycles. The molecule has 94 valence electrons. The lowest BCUT2D eigenvalue weighted by Gasteiger charge is -2.16. The molecule has 1 N–H and O–H groups in total. The third-order valence-corrected chi connectivity index (χ3v) is 3.28. The Morgan fingerprint density at radius 1 is 1.50 bits per heavy atom. The molecule has 0 atom stereocenters. The van der Waals surface area contributed by atoms with E-state index in [9.17, 15) is 4.79 Å². The number of hydrogen-bond acceptors (Lipinski definition) is 3. The molecule has 1 aliphatic heterocycles. The predicted molar refractivity (Wildman–Crippen MR) is 66.6 cm³/mol. The van der Waals surface area contributed by atoms with E-state index in [0.29, 0.717) is 5.76 Å². The molecule has 0 saturated carbocycles. The Kier molecular flexibility index (Phi) is 2.66. The molecule has 0 unspecified atom stereocenters. The summed E-state index contributed by atoms with van der Waals surface area (Å²) in [6, 6.07) is 1.78. The number of anilines is 1. The van der Waals surface area contributed by atoms with Crippen LogP contribution >= 0.6 is 0 Å². The molecule has 1 aliphatic rings. The number of aromatic nitrogens is 2. The Bertz CT molecular complexity index is 583. The molecule has 3 rings (SSSR count). The zero-order valence-corrected chi connectivity index (χ0v) is 10.3. The van der Waals surface area contributed by atoms with Crippen molar-refractivity contribution in [1.29, 1.82) is 0 Å². The number of rotatable bonds is 2. The van der Waals surface area contributed by atoms with Crippen molar-refractivity contribution >= 4 is 11.7 Å². The van der Waals surface area contributed by atoms with Gasteiger partial charge in [-0.2, -0.15) is 0 Å². The lowest BCUT2D eigenvalue weighted by atomic mass is 10.2. The number of hydrogen-bond donors (Lipinski definition) is 1. The number of nitrogens with one attached hydrogen (secondary N) is 1. The average Bonchev–Trinajstić information content (AvgIpc) is 2.97. The lowest BCUT2D eigenvalue weighted by molar-refractivity contribution is 0.0995. The standard InChI is InChI=1S/C13H15N3O2/c1-9-5-7-18-12(9)13(17)15-11-8-14-10-4-2-3-6-16(10)11/h5,7-8H,2-4,6H2,1H3,(H,15,17). The fraction of sp³-hybridized carbons (Fsp3) is 0.385. The number of nitrogens with zero attached hydrogens (tertiary/aromatic N) is 2. The summed E-state index contributed by atoms with van der Waals surface area (Å²) < 4.78 is 7.25. The van der Waals surface area contributed by atoms with Gasteiger partial charge in [0.2, 0.25) is 0 Å². The van der Waals surface area contributed by atoms with Crippen LogP contribution in [0.3, 0.4) is 0 Å². The summed E-state index contributed by atoms with van der Waals surface area (Å²) in [5.41, 5.74) is 0.839. The van der Waals surface area contributed by atoms with E-state index in [-0.39, 0.29) is 5.91 Å². The molecule has 2 aromatic rings. The molecule has 3 heterocycles. The molecule has 0 radical (unpaired) electrons. The van der Waals surface area contributed by atoms with Crippen LogP contribution in [0.1, 0.15) is 34.8 Å². The van der Waals surface area contributed by atoms with Crippen LogP contribution < -0.4 is 5.32 Å². The van der Waals surface area contributed by atoms with Gasteiger partial charge in [-0.3, -0.25) is 4.79 Å². The fourth-order valence-electron chi connectivity index (χ4n) is 2.29. The minimum Gasteiger partial charge on any atom is -0.459 e. The summed E-state index contributed by atoms with van der Waals surface area (Å²) in [5, 5.41) is 2.86. The van der Waals surface area contributed by atoms with E-state index in [0.717, 1.165) is 36.6 Å². The van der Waals surface area contributed by atoms with Gasteiger partial charge in [-0.1, -0.05) is 0 Å². The van der Waals surface area contributed by atoms with Crippen LogP contribution in [0.15, 0.2) is 22.9 Å². The maximum Gasteiger partial charge on any atom is 0.292 e. The average molecular weight is 245 g/mol. The Morgan fingerprint density at radius 2 is 2.39 bits per heavy atom. The highest BCUT2D eigenvalue weighted by Gasteiger charge is 2.18. The highest BCUT2D eigenvalue weighted by molar-refractivity contribution is 6.02. The maximum absolute atomic E-state index is 12.0. The Hall–Kier alpha value is -2.04. The first kappa shape index (κ1) is 11.1. The van der Waals surface area contributed by atoms with Crippen LogP contribution in [0, 0.1) is 6.92 Å². The summed E-state index contributed by atoms with van der Waals surface area (Å²) in [6.07, 6.45) is 6.52. The molecule has 1 amide bonds. The molecule has 18 heavy (non-hydrogen) atoms. The quantitative estimate of drug-likeness (QED) is 0.883. The predicted octanol–water partition coefficient (Wildman–Crippen LogP) is 2.37. The monoisotopic (exact) mass is 245 g/mol. The zero-order chi connectivity index (χ0) is 12.5. The summed E-state index contributed by atoms with van der Waals surface area (Å²) in [6.45, 7) is 2.77. The normalized spacial score (nSPS) is 14.3. The second-order valence-corrected chi connectivity index (χ2v) is 4.56. The number of fused-ring (bicyclic) bond motifs is 1. The second kappa shape index (κ2) is 4.33. The molecule has 5 nitrogen and oxygen atoms in total. The first-order chi connectivity index (χ1) is 8.75. The minimum atomic E-state index is -0.217. The summed E-state index contributed by atoms with van der Waals surface area (Å²) in [5.74, 6) is 1.95. The van der Waals surface area contributed by atoms with Gasteiger partial charge in [0.1, 0.15) is 11.6 Å². The highest BCUT2D eigenvalue weighted by Crippen LogP contribution is 2.20. The van der Waals surface area contributed by atoms with Crippen LogP contribution in [0.5, 0.6) is 0 Å². The highest BCUT2D eigenvalue weighted by atomic mass is 16.3. The molecule has 0 fully saturated rings. The molecule has 0 aliphatic carbocycles. The Balaban J connectivity index is 1.83. The third-order valence-electron chi connectivity index (χ3n) is 3.28. The van der Waals surface area contributed by atoms with Gasteiger partial charge in [-0.25, -0.2) is 4.98 Å². The molecular weight excluding hydrogens is 230 g/mol. The number of furan rings is 1. The zero-order valence-electron chi connectivity index (χ0n) is 10.3. The van der Waals surface area contributed by atoms with Crippen molar-refractivity contribution in [2.24, 2.45) is 0 Å². The number of amides is 1. The van der Waals surface area contributed by atoms with Crippen LogP contribution in [0.2, 0.25) is 0 Å². The first-order valence-electron chi connectivity index (χ1n) is 6.15. The van der Waals surface area contributed by atoms with Crippen LogP contribution in [0.4, 0.5) is 5.82 Å². The van der Waals surface area contributed by atoms with E-state index in [1.165, 1.54) is 12.7 Å². The van der Waals surface area contributed by atoms with E-state index in [1.807, 2.05) is 6.92 Å².